The Kier molecular flexibility index (Phi) is 4.63. The second-order valence-corrected chi connectivity index (χ2v) is 6.94. The van der Waals surface area contributed by atoms with Crippen LogP contribution in [0.25, 0.3) is 22.0 Å². The molecule has 0 aliphatic heterocycles. The highest BCUT2D eigenvalue weighted by molar-refractivity contribution is 7.15. The van der Waals surface area contributed by atoms with Gasteiger partial charge < -0.3 is 14.5 Å². The summed E-state index contributed by atoms with van der Waals surface area (Å²) in [7, 11) is 3.04. The number of esters is 1. The summed E-state index contributed by atoms with van der Waals surface area (Å²) in [5.74, 6) is 0.452. The summed E-state index contributed by atoms with van der Waals surface area (Å²) < 4.78 is 10.3. The topological polar surface area (TPSA) is 64.2 Å². The Morgan fingerprint density at radius 3 is 2.56 bits per heavy atom. The van der Waals surface area contributed by atoms with Crippen LogP contribution in [-0.4, -0.2) is 30.2 Å². The molecule has 2 aromatic heterocycles. The molecule has 3 rings (SSSR count). The second kappa shape index (κ2) is 6.72. The molecule has 5 nitrogen and oxygen atoms in total. The zero-order chi connectivity index (χ0) is 18.1. The Morgan fingerprint density at radius 1 is 1.16 bits per heavy atom. The lowest BCUT2D eigenvalue weighted by Crippen LogP contribution is -2.03. The number of para-hydroxylation sites is 1. The van der Waals surface area contributed by atoms with Crippen LogP contribution in [0.15, 0.2) is 24.3 Å². The Labute approximate surface area is 150 Å². The number of carbonyl (C=O) groups is 1. The van der Waals surface area contributed by atoms with Gasteiger partial charge in [-0.2, -0.15) is 0 Å². The van der Waals surface area contributed by atoms with Gasteiger partial charge in [0.25, 0.3) is 0 Å². The van der Waals surface area contributed by atoms with Crippen molar-refractivity contribution in [3.05, 3.63) is 46.0 Å². The number of carbonyl (C=O) groups excluding carboxylic acids is 1. The van der Waals surface area contributed by atoms with Crippen molar-refractivity contribution in [1.29, 1.82) is 0 Å². The quantitative estimate of drug-likeness (QED) is 0.698. The lowest BCUT2D eigenvalue weighted by atomic mass is 10.1. The van der Waals surface area contributed by atoms with Gasteiger partial charge in [-0.1, -0.05) is 12.1 Å². The highest BCUT2D eigenvalue weighted by atomic mass is 32.1. The summed E-state index contributed by atoms with van der Waals surface area (Å²) >= 11 is 1.60. The van der Waals surface area contributed by atoms with E-state index < -0.39 is 0 Å². The number of H-pyrrole nitrogens is 1. The molecular formula is C19H20N2O3S. The fraction of sp³-hybridized carbons (Fsp3) is 0.263. The number of aryl methyl sites for hydroxylation is 2. The van der Waals surface area contributed by atoms with Crippen LogP contribution in [0, 0.1) is 20.8 Å². The Hall–Kier alpha value is -2.60. The van der Waals surface area contributed by atoms with E-state index in [9.17, 15) is 4.79 Å². The van der Waals surface area contributed by atoms with E-state index in [-0.39, 0.29) is 5.97 Å². The van der Waals surface area contributed by atoms with Gasteiger partial charge in [0.1, 0.15) is 16.5 Å². The van der Waals surface area contributed by atoms with Crippen molar-refractivity contribution in [2.75, 3.05) is 14.2 Å². The summed E-state index contributed by atoms with van der Waals surface area (Å²) in [5.41, 5.74) is 4.87. The third kappa shape index (κ3) is 2.93. The van der Waals surface area contributed by atoms with E-state index in [0.29, 0.717) is 5.56 Å². The molecule has 25 heavy (non-hydrogen) atoms. The highest BCUT2D eigenvalue weighted by Gasteiger charge is 2.23. The molecule has 0 atom stereocenters. The molecule has 1 aromatic carbocycles. The predicted molar refractivity (Wildman–Crippen MR) is 99.4 cm³/mol. The smallest absolute Gasteiger partial charge is 0.339 e. The van der Waals surface area contributed by atoms with Crippen LogP contribution >= 0.6 is 11.3 Å². The SMILES string of the molecule is COC(=O)c1c(C)[nH]c(-c2nc(-c3ccccc3OC)sc2C)c1C. The first-order chi connectivity index (χ1) is 12.0. The van der Waals surface area contributed by atoms with E-state index in [1.165, 1.54) is 7.11 Å². The van der Waals surface area contributed by atoms with Gasteiger partial charge >= 0.3 is 5.97 Å². The van der Waals surface area contributed by atoms with Crippen LogP contribution in [0.5, 0.6) is 5.75 Å². The maximum atomic E-state index is 12.0. The third-order valence-electron chi connectivity index (χ3n) is 4.20. The summed E-state index contributed by atoms with van der Waals surface area (Å²) in [5, 5.41) is 0.885. The number of nitrogens with zero attached hydrogens (tertiary/aromatic N) is 1. The minimum Gasteiger partial charge on any atom is -0.496 e. The fourth-order valence-corrected chi connectivity index (χ4v) is 3.91. The van der Waals surface area contributed by atoms with E-state index in [2.05, 4.69) is 4.98 Å². The monoisotopic (exact) mass is 356 g/mol. The van der Waals surface area contributed by atoms with Crippen LogP contribution in [0.3, 0.4) is 0 Å². The average Bonchev–Trinajstić information content (AvgIpc) is 3.13. The summed E-state index contributed by atoms with van der Waals surface area (Å²) in [6, 6.07) is 7.82. The molecular weight excluding hydrogens is 336 g/mol. The zero-order valence-electron chi connectivity index (χ0n) is 14.9. The van der Waals surface area contributed by atoms with Gasteiger partial charge in [0.2, 0.25) is 0 Å². The number of thiazole rings is 1. The van der Waals surface area contributed by atoms with E-state index in [0.717, 1.165) is 43.8 Å². The van der Waals surface area contributed by atoms with Gasteiger partial charge in [-0.3, -0.25) is 0 Å². The molecule has 0 spiro atoms. The summed E-state index contributed by atoms with van der Waals surface area (Å²) in [4.78, 5) is 21.2. The van der Waals surface area contributed by atoms with Crippen LogP contribution in [0.1, 0.15) is 26.5 Å². The predicted octanol–water partition coefficient (Wildman–Crippen LogP) is 4.53. The number of hydrogen-bond donors (Lipinski definition) is 1. The Morgan fingerprint density at radius 2 is 1.88 bits per heavy atom. The molecule has 6 heteroatoms. The minimum atomic E-state index is -0.338. The second-order valence-electron chi connectivity index (χ2n) is 5.74. The molecule has 0 fully saturated rings. The van der Waals surface area contributed by atoms with Crippen LogP contribution < -0.4 is 4.74 Å². The van der Waals surface area contributed by atoms with Gasteiger partial charge in [0.15, 0.2) is 0 Å². The maximum absolute atomic E-state index is 12.0. The number of nitrogens with one attached hydrogen (secondary N) is 1. The molecule has 0 bridgehead atoms. The van der Waals surface area contributed by atoms with E-state index in [1.54, 1.807) is 18.4 Å². The van der Waals surface area contributed by atoms with Crippen molar-refractivity contribution in [2.45, 2.75) is 20.8 Å². The molecule has 0 aliphatic carbocycles. The highest BCUT2D eigenvalue weighted by Crippen LogP contribution is 2.38. The molecule has 0 radical (unpaired) electrons. The number of methoxy groups -OCH3 is 2. The first-order valence-corrected chi connectivity index (χ1v) is 8.68. The van der Waals surface area contributed by atoms with Crippen molar-refractivity contribution < 1.29 is 14.3 Å². The molecule has 2 heterocycles. The van der Waals surface area contributed by atoms with E-state index in [1.807, 2.05) is 45.0 Å². The standard InChI is InChI=1S/C19H20N2O3S/c1-10-15(19(22)24-5)11(2)20-16(10)17-12(3)25-18(21-17)13-8-6-7-9-14(13)23-4/h6-9,20H,1-5H3. The average molecular weight is 356 g/mol. The number of aromatic amines is 1. The van der Waals surface area contributed by atoms with Crippen molar-refractivity contribution in [3.63, 3.8) is 0 Å². The first-order valence-electron chi connectivity index (χ1n) is 7.86. The first kappa shape index (κ1) is 17.2. The molecule has 1 N–H and O–H groups in total. The van der Waals surface area contributed by atoms with Crippen molar-refractivity contribution in [2.24, 2.45) is 0 Å². The molecule has 0 saturated heterocycles. The molecule has 0 unspecified atom stereocenters. The van der Waals surface area contributed by atoms with E-state index >= 15 is 0 Å². The molecule has 0 saturated carbocycles. The van der Waals surface area contributed by atoms with Crippen molar-refractivity contribution >= 4 is 17.3 Å². The van der Waals surface area contributed by atoms with Crippen LogP contribution in [0.2, 0.25) is 0 Å². The number of rotatable bonds is 4. The third-order valence-corrected chi connectivity index (χ3v) is 5.20. The number of hydrogen-bond acceptors (Lipinski definition) is 5. The summed E-state index contributed by atoms with van der Waals surface area (Å²) in [6.07, 6.45) is 0. The van der Waals surface area contributed by atoms with Gasteiger partial charge in [0.05, 0.1) is 31.0 Å². The van der Waals surface area contributed by atoms with Gasteiger partial charge in [0, 0.05) is 10.6 Å². The molecule has 0 aliphatic rings. The van der Waals surface area contributed by atoms with Crippen molar-refractivity contribution in [3.8, 4) is 27.7 Å². The lowest BCUT2D eigenvalue weighted by Gasteiger charge is -2.04. The zero-order valence-corrected chi connectivity index (χ0v) is 15.7. The molecule has 3 aromatic rings. The van der Waals surface area contributed by atoms with E-state index in [4.69, 9.17) is 14.5 Å². The molecule has 0 amide bonds. The van der Waals surface area contributed by atoms with Gasteiger partial charge in [-0.25, -0.2) is 9.78 Å². The normalized spacial score (nSPS) is 10.8. The van der Waals surface area contributed by atoms with Crippen molar-refractivity contribution in [1.82, 2.24) is 9.97 Å². The Bertz CT molecular complexity index is 940. The van der Waals surface area contributed by atoms with Crippen LogP contribution in [0.4, 0.5) is 0 Å². The number of benzene rings is 1. The van der Waals surface area contributed by atoms with Gasteiger partial charge in [-0.05, 0) is 38.5 Å². The number of aromatic nitrogens is 2. The largest absolute Gasteiger partial charge is 0.496 e. The lowest BCUT2D eigenvalue weighted by molar-refractivity contribution is 0.0599. The minimum absolute atomic E-state index is 0.338. The van der Waals surface area contributed by atoms with Crippen LogP contribution in [-0.2, 0) is 4.74 Å². The number of ether oxygens (including phenoxy) is 2. The fourth-order valence-electron chi connectivity index (χ4n) is 2.96. The van der Waals surface area contributed by atoms with Gasteiger partial charge in [-0.15, -0.1) is 11.3 Å². The summed E-state index contributed by atoms with van der Waals surface area (Å²) in [6.45, 7) is 5.80. The Balaban J connectivity index is 2.12. The molecule has 130 valence electrons. The maximum Gasteiger partial charge on any atom is 0.339 e.